The second kappa shape index (κ2) is 9.65. The molecule has 0 unspecified atom stereocenters. The number of rotatable bonds is 7. The summed E-state index contributed by atoms with van der Waals surface area (Å²) < 4.78 is 39.7. The van der Waals surface area contributed by atoms with Crippen molar-refractivity contribution in [2.45, 2.75) is 31.6 Å². The fourth-order valence-corrected chi connectivity index (χ4v) is 5.89. The molecule has 0 fully saturated rings. The number of fused-ring (bicyclic) bond motifs is 1. The van der Waals surface area contributed by atoms with E-state index in [1.165, 1.54) is 18.2 Å². The van der Waals surface area contributed by atoms with Gasteiger partial charge in [0, 0.05) is 16.8 Å². The van der Waals surface area contributed by atoms with Gasteiger partial charge < -0.3 is 0 Å². The van der Waals surface area contributed by atoms with E-state index >= 15 is 0 Å². The van der Waals surface area contributed by atoms with E-state index in [1.54, 1.807) is 31.2 Å². The van der Waals surface area contributed by atoms with Crippen LogP contribution in [0.1, 0.15) is 39.8 Å². The lowest BCUT2D eigenvalue weighted by Crippen LogP contribution is -2.20. The number of aryl methyl sites for hydroxylation is 2. The van der Waals surface area contributed by atoms with Crippen LogP contribution in [0.4, 0.5) is 4.39 Å². The maximum absolute atomic E-state index is 13.4. The molecule has 0 spiro atoms. The fraction of sp³-hybridized carbons (Fsp3) is 0.185. The maximum atomic E-state index is 13.4. The summed E-state index contributed by atoms with van der Waals surface area (Å²) in [6, 6.07) is 18.3. The van der Waals surface area contributed by atoms with Crippen LogP contribution in [-0.2, 0) is 22.7 Å². The lowest BCUT2D eigenvalue weighted by molar-refractivity contribution is 0.101. The molecule has 0 N–H and O–H groups in total. The molecule has 4 nitrogen and oxygen atoms in total. The molecule has 0 radical (unpaired) electrons. The van der Waals surface area contributed by atoms with Crippen molar-refractivity contribution in [1.82, 2.24) is 4.98 Å². The third-order valence-electron chi connectivity index (χ3n) is 5.86. The summed E-state index contributed by atoms with van der Waals surface area (Å²) in [7, 11) is -3.94. The Kier molecular flexibility index (Phi) is 6.82. The number of hydrogen-bond acceptors (Lipinski definition) is 4. The summed E-state index contributed by atoms with van der Waals surface area (Å²) in [6.45, 7) is 3.62. The minimum Gasteiger partial charge on any atom is -0.291 e. The molecule has 3 aromatic carbocycles. The number of carbonyl (C=O) groups excluding carboxylic acids is 1. The summed E-state index contributed by atoms with van der Waals surface area (Å²) >= 11 is 6.05. The first kappa shape index (κ1) is 24.0. The average molecular weight is 496 g/mol. The number of Topliss-reactive ketones (excluding diaryl/α,β-unsaturated/α-hetero) is 1. The Hall–Kier alpha value is -3.09. The van der Waals surface area contributed by atoms with E-state index in [0.29, 0.717) is 34.7 Å². The van der Waals surface area contributed by atoms with Gasteiger partial charge in [0.05, 0.1) is 10.6 Å². The zero-order valence-corrected chi connectivity index (χ0v) is 20.4. The Labute approximate surface area is 203 Å². The zero-order chi connectivity index (χ0) is 24.5. The van der Waals surface area contributed by atoms with Crippen LogP contribution >= 0.6 is 11.6 Å². The molecule has 0 saturated carbocycles. The smallest absolute Gasteiger partial charge is 0.196 e. The lowest BCUT2D eigenvalue weighted by atomic mass is 9.98. The molecule has 1 aromatic heterocycles. The summed E-state index contributed by atoms with van der Waals surface area (Å²) in [4.78, 5) is 18.0. The first-order valence-corrected chi connectivity index (χ1v) is 12.9. The molecule has 7 heteroatoms. The largest absolute Gasteiger partial charge is 0.291 e. The van der Waals surface area contributed by atoms with Crippen molar-refractivity contribution in [3.63, 3.8) is 0 Å². The highest BCUT2D eigenvalue weighted by molar-refractivity contribution is 7.92. The van der Waals surface area contributed by atoms with Crippen molar-refractivity contribution in [3.8, 4) is 0 Å². The molecular formula is C27H23ClFNO3S. The molecule has 0 aliphatic rings. The number of aromatic nitrogens is 1. The van der Waals surface area contributed by atoms with Gasteiger partial charge >= 0.3 is 0 Å². The molecular weight excluding hydrogens is 473 g/mol. The van der Waals surface area contributed by atoms with Crippen LogP contribution in [-0.4, -0.2) is 24.9 Å². The molecule has 0 saturated heterocycles. The van der Waals surface area contributed by atoms with Gasteiger partial charge in [0.1, 0.15) is 17.3 Å². The summed E-state index contributed by atoms with van der Waals surface area (Å²) in [5, 5.41) is 1.99. The molecule has 0 aliphatic heterocycles. The molecule has 1 heterocycles. The Morgan fingerprint density at radius 1 is 1.00 bits per heavy atom. The Bertz CT molecular complexity index is 1500. The van der Waals surface area contributed by atoms with Crippen molar-refractivity contribution in [1.29, 1.82) is 0 Å². The molecule has 174 valence electrons. The highest BCUT2D eigenvalue weighted by Crippen LogP contribution is 2.27. The SMILES string of the molecule is CCc1ccc(Cl)cc1S(=O)(=O)CC(=O)c1nc(Cc2ccc(F)cc2)c2ccccc2c1C. The minimum atomic E-state index is -3.94. The number of pyridine rings is 1. The van der Waals surface area contributed by atoms with Gasteiger partial charge in [-0.15, -0.1) is 0 Å². The first-order valence-electron chi connectivity index (χ1n) is 10.9. The molecule has 0 atom stereocenters. The predicted octanol–water partition coefficient (Wildman–Crippen LogP) is 6.15. The van der Waals surface area contributed by atoms with E-state index in [1.807, 2.05) is 31.2 Å². The Balaban J connectivity index is 1.77. The molecule has 4 rings (SSSR count). The van der Waals surface area contributed by atoms with Gasteiger partial charge in [-0.2, -0.15) is 0 Å². The van der Waals surface area contributed by atoms with E-state index < -0.39 is 21.4 Å². The topological polar surface area (TPSA) is 64.1 Å². The molecule has 4 aromatic rings. The zero-order valence-electron chi connectivity index (χ0n) is 18.8. The van der Waals surface area contributed by atoms with Gasteiger partial charge in [0.2, 0.25) is 0 Å². The summed E-state index contributed by atoms with van der Waals surface area (Å²) in [5.41, 5.74) is 2.82. The van der Waals surface area contributed by atoms with Crippen molar-refractivity contribution in [3.05, 3.63) is 106 Å². The van der Waals surface area contributed by atoms with Crippen LogP contribution in [0.3, 0.4) is 0 Å². The van der Waals surface area contributed by atoms with E-state index in [-0.39, 0.29) is 16.4 Å². The molecule has 0 amide bonds. The minimum absolute atomic E-state index is 0.0702. The fourth-order valence-electron chi connectivity index (χ4n) is 4.10. The van der Waals surface area contributed by atoms with Crippen LogP contribution < -0.4 is 0 Å². The summed E-state index contributed by atoms with van der Waals surface area (Å²) in [6.07, 6.45) is 0.872. The third kappa shape index (κ3) is 4.88. The second-order valence-electron chi connectivity index (χ2n) is 8.17. The number of ketones is 1. The highest BCUT2D eigenvalue weighted by atomic mass is 35.5. The number of nitrogens with zero attached hydrogens (tertiary/aromatic N) is 1. The third-order valence-corrected chi connectivity index (χ3v) is 7.79. The van der Waals surface area contributed by atoms with Crippen molar-refractivity contribution >= 4 is 38.0 Å². The van der Waals surface area contributed by atoms with Gasteiger partial charge in [-0.05, 0) is 59.7 Å². The van der Waals surface area contributed by atoms with Crippen LogP contribution in [0.25, 0.3) is 10.8 Å². The number of benzene rings is 3. The van der Waals surface area contributed by atoms with E-state index in [0.717, 1.165) is 16.3 Å². The molecule has 34 heavy (non-hydrogen) atoms. The van der Waals surface area contributed by atoms with E-state index in [2.05, 4.69) is 4.98 Å². The first-order chi connectivity index (χ1) is 16.2. The molecule has 0 aliphatic carbocycles. The monoisotopic (exact) mass is 495 g/mol. The van der Waals surface area contributed by atoms with Crippen LogP contribution in [0.15, 0.2) is 71.6 Å². The van der Waals surface area contributed by atoms with Crippen molar-refractivity contribution in [2.75, 3.05) is 5.75 Å². The quantitative estimate of drug-likeness (QED) is 0.289. The van der Waals surface area contributed by atoms with Gasteiger partial charge in [-0.3, -0.25) is 4.79 Å². The second-order valence-corrected chi connectivity index (χ2v) is 10.6. The Morgan fingerprint density at radius 2 is 1.68 bits per heavy atom. The molecule has 0 bridgehead atoms. The van der Waals surface area contributed by atoms with Gasteiger partial charge in [0.25, 0.3) is 0 Å². The van der Waals surface area contributed by atoms with Gasteiger partial charge in [-0.25, -0.2) is 17.8 Å². The number of halogens is 2. The standard InChI is InChI=1S/C27H23ClFNO3S/c1-3-19-10-11-20(28)15-26(19)34(32,33)16-25(31)27-17(2)22-6-4-5-7-23(22)24(30-27)14-18-8-12-21(29)13-9-18/h4-13,15H,3,14,16H2,1-2H3. The van der Waals surface area contributed by atoms with Crippen molar-refractivity contribution < 1.29 is 17.6 Å². The number of hydrogen-bond donors (Lipinski definition) is 0. The highest BCUT2D eigenvalue weighted by Gasteiger charge is 2.26. The summed E-state index contributed by atoms with van der Waals surface area (Å²) in [5.74, 6) is -1.62. The van der Waals surface area contributed by atoms with Gasteiger partial charge in [0.15, 0.2) is 15.6 Å². The normalized spacial score (nSPS) is 11.6. The predicted molar refractivity (Wildman–Crippen MR) is 133 cm³/mol. The van der Waals surface area contributed by atoms with Crippen LogP contribution in [0, 0.1) is 12.7 Å². The number of sulfone groups is 1. The Morgan fingerprint density at radius 3 is 2.35 bits per heavy atom. The maximum Gasteiger partial charge on any atom is 0.196 e. The lowest BCUT2D eigenvalue weighted by Gasteiger charge is -2.14. The van der Waals surface area contributed by atoms with Crippen LogP contribution in [0.5, 0.6) is 0 Å². The van der Waals surface area contributed by atoms with Gasteiger partial charge in [-0.1, -0.05) is 61.0 Å². The number of carbonyl (C=O) groups is 1. The van der Waals surface area contributed by atoms with E-state index in [4.69, 9.17) is 11.6 Å². The van der Waals surface area contributed by atoms with Crippen LogP contribution in [0.2, 0.25) is 5.02 Å². The average Bonchev–Trinajstić information content (AvgIpc) is 2.82. The van der Waals surface area contributed by atoms with Crippen molar-refractivity contribution in [2.24, 2.45) is 0 Å². The van der Waals surface area contributed by atoms with E-state index in [9.17, 15) is 17.6 Å².